The molecule has 2 heterocycles. The molecule has 0 saturated carbocycles. The van der Waals surface area contributed by atoms with Gasteiger partial charge in [0, 0.05) is 17.0 Å². The van der Waals surface area contributed by atoms with E-state index in [9.17, 15) is 0 Å². The van der Waals surface area contributed by atoms with Crippen molar-refractivity contribution in [2.45, 2.75) is 19.8 Å². The lowest BCUT2D eigenvalue weighted by Crippen LogP contribution is -2.01. The van der Waals surface area contributed by atoms with Crippen molar-refractivity contribution in [2.75, 3.05) is 7.11 Å². The van der Waals surface area contributed by atoms with Crippen molar-refractivity contribution >= 4 is 21.8 Å². The van der Waals surface area contributed by atoms with Gasteiger partial charge in [0.05, 0.1) is 18.5 Å². The van der Waals surface area contributed by atoms with Crippen LogP contribution in [-0.4, -0.2) is 21.9 Å². The minimum Gasteiger partial charge on any atom is -0.494 e. The molecule has 4 heteroatoms. The number of rotatable bonds is 4. The molecule has 2 aromatic carbocycles. The van der Waals surface area contributed by atoms with Crippen LogP contribution in [0.15, 0.2) is 54.7 Å². The predicted molar refractivity (Wildman–Crippen MR) is 96.9 cm³/mol. The Balaban J connectivity index is 2.07. The first-order valence-corrected chi connectivity index (χ1v) is 8.22. The van der Waals surface area contributed by atoms with E-state index in [4.69, 9.17) is 9.84 Å². The van der Waals surface area contributed by atoms with Gasteiger partial charge in [0.15, 0.2) is 0 Å². The Bertz CT molecular complexity index is 1010. The number of hydrogen-bond acceptors (Lipinski definition) is 3. The van der Waals surface area contributed by atoms with E-state index >= 15 is 0 Å². The molecule has 0 aliphatic rings. The summed E-state index contributed by atoms with van der Waals surface area (Å²) < 4.78 is 7.50. The lowest BCUT2D eigenvalue weighted by Gasteiger charge is -2.06. The maximum atomic E-state index is 5.45. The second-order valence-electron chi connectivity index (χ2n) is 5.82. The van der Waals surface area contributed by atoms with Crippen LogP contribution in [0.1, 0.15) is 19.0 Å². The van der Waals surface area contributed by atoms with Gasteiger partial charge in [-0.3, -0.25) is 4.98 Å². The van der Waals surface area contributed by atoms with Crippen LogP contribution in [0.25, 0.3) is 27.5 Å². The van der Waals surface area contributed by atoms with Crippen LogP contribution in [0.4, 0.5) is 0 Å². The molecule has 0 fully saturated rings. The number of aromatic nitrogens is 3. The number of pyridine rings is 1. The van der Waals surface area contributed by atoms with E-state index in [2.05, 4.69) is 34.8 Å². The fourth-order valence-electron chi connectivity index (χ4n) is 3.20. The van der Waals surface area contributed by atoms with E-state index in [-0.39, 0.29) is 0 Å². The van der Waals surface area contributed by atoms with Crippen molar-refractivity contribution in [3.63, 3.8) is 0 Å². The van der Waals surface area contributed by atoms with Crippen LogP contribution >= 0.6 is 0 Å². The smallest absolute Gasteiger partial charge is 0.145 e. The summed E-state index contributed by atoms with van der Waals surface area (Å²) >= 11 is 0. The topological polar surface area (TPSA) is 39.9 Å². The highest BCUT2D eigenvalue weighted by molar-refractivity contribution is 6.05. The van der Waals surface area contributed by atoms with Crippen LogP contribution in [0.5, 0.6) is 5.75 Å². The number of fused-ring (bicyclic) bond motifs is 3. The van der Waals surface area contributed by atoms with E-state index in [0.29, 0.717) is 0 Å². The second kappa shape index (κ2) is 5.96. The molecule has 0 saturated heterocycles. The molecule has 0 spiro atoms. The molecule has 4 aromatic rings. The van der Waals surface area contributed by atoms with E-state index in [1.807, 2.05) is 36.5 Å². The fourth-order valence-corrected chi connectivity index (χ4v) is 3.20. The molecule has 120 valence electrons. The standard InChI is InChI=1S/C20H19N3O/c1-3-8-17-16-13-21-20-15(11-7-12-18(20)24-2)19(16)22-23(17)14-9-5-4-6-10-14/h4-7,9-13H,3,8H2,1-2H3. The molecule has 0 bridgehead atoms. The molecule has 24 heavy (non-hydrogen) atoms. The Morgan fingerprint density at radius 1 is 0.958 bits per heavy atom. The van der Waals surface area contributed by atoms with Gasteiger partial charge in [0.25, 0.3) is 0 Å². The summed E-state index contributed by atoms with van der Waals surface area (Å²) in [5, 5.41) is 7.07. The average molecular weight is 317 g/mol. The zero-order chi connectivity index (χ0) is 16.5. The normalized spacial score (nSPS) is 11.2. The molecule has 0 aliphatic heterocycles. The van der Waals surface area contributed by atoms with Crippen molar-refractivity contribution in [1.29, 1.82) is 0 Å². The average Bonchev–Trinajstić information content (AvgIpc) is 3.01. The molecule has 0 radical (unpaired) electrons. The third-order valence-electron chi connectivity index (χ3n) is 4.31. The Morgan fingerprint density at radius 3 is 2.54 bits per heavy atom. The summed E-state index contributed by atoms with van der Waals surface area (Å²) in [6.45, 7) is 2.19. The molecule has 0 amide bonds. The van der Waals surface area contributed by atoms with Crippen LogP contribution in [-0.2, 0) is 6.42 Å². The third-order valence-corrected chi connectivity index (χ3v) is 4.31. The first-order valence-electron chi connectivity index (χ1n) is 8.22. The van der Waals surface area contributed by atoms with Gasteiger partial charge in [-0.2, -0.15) is 5.10 Å². The number of benzene rings is 2. The maximum absolute atomic E-state index is 5.45. The number of ether oxygens (including phenoxy) is 1. The first kappa shape index (κ1) is 14.7. The van der Waals surface area contributed by atoms with Gasteiger partial charge >= 0.3 is 0 Å². The predicted octanol–water partition coefficient (Wildman–Crippen LogP) is 4.53. The monoisotopic (exact) mass is 317 g/mol. The van der Waals surface area contributed by atoms with Gasteiger partial charge in [-0.15, -0.1) is 0 Å². The van der Waals surface area contributed by atoms with E-state index in [1.54, 1.807) is 7.11 Å². The second-order valence-corrected chi connectivity index (χ2v) is 5.82. The van der Waals surface area contributed by atoms with Gasteiger partial charge in [-0.25, -0.2) is 4.68 Å². The Kier molecular flexibility index (Phi) is 3.65. The summed E-state index contributed by atoms with van der Waals surface area (Å²) in [6.07, 6.45) is 3.95. The molecular formula is C20H19N3O. The molecule has 2 aromatic heterocycles. The third kappa shape index (κ3) is 2.22. The maximum Gasteiger partial charge on any atom is 0.145 e. The highest BCUT2D eigenvalue weighted by Gasteiger charge is 2.16. The minimum atomic E-state index is 0.778. The van der Waals surface area contributed by atoms with Gasteiger partial charge in [-0.05, 0) is 24.6 Å². The zero-order valence-corrected chi connectivity index (χ0v) is 13.9. The van der Waals surface area contributed by atoms with Gasteiger partial charge in [0.2, 0.25) is 0 Å². The van der Waals surface area contributed by atoms with Crippen LogP contribution in [0.2, 0.25) is 0 Å². The first-order chi connectivity index (χ1) is 11.8. The summed E-state index contributed by atoms with van der Waals surface area (Å²) in [5.41, 5.74) is 4.11. The largest absolute Gasteiger partial charge is 0.494 e. The van der Waals surface area contributed by atoms with Crippen molar-refractivity contribution in [1.82, 2.24) is 14.8 Å². The lowest BCUT2D eigenvalue weighted by molar-refractivity contribution is 0.419. The Hall–Kier alpha value is -2.88. The molecule has 4 nitrogen and oxygen atoms in total. The molecule has 0 aliphatic carbocycles. The molecule has 4 rings (SSSR count). The highest BCUT2D eigenvalue weighted by atomic mass is 16.5. The summed E-state index contributed by atoms with van der Waals surface area (Å²) in [5.74, 6) is 0.778. The summed E-state index contributed by atoms with van der Waals surface area (Å²) in [7, 11) is 1.67. The van der Waals surface area contributed by atoms with Crippen molar-refractivity contribution in [2.24, 2.45) is 0 Å². The van der Waals surface area contributed by atoms with Crippen LogP contribution in [0, 0.1) is 0 Å². The number of hydrogen-bond donors (Lipinski definition) is 0. The van der Waals surface area contributed by atoms with Gasteiger partial charge in [-0.1, -0.05) is 43.7 Å². The lowest BCUT2D eigenvalue weighted by atomic mass is 10.1. The number of methoxy groups -OCH3 is 1. The summed E-state index contributed by atoms with van der Waals surface area (Å²) in [4.78, 5) is 4.65. The fraction of sp³-hybridized carbons (Fsp3) is 0.200. The Labute approximate surface area is 140 Å². The van der Waals surface area contributed by atoms with Crippen LogP contribution < -0.4 is 4.74 Å². The highest BCUT2D eigenvalue weighted by Crippen LogP contribution is 2.31. The van der Waals surface area contributed by atoms with Crippen LogP contribution in [0.3, 0.4) is 0 Å². The van der Waals surface area contributed by atoms with Crippen molar-refractivity contribution in [3.8, 4) is 11.4 Å². The Morgan fingerprint density at radius 2 is 1.79 bits per heavy atom. The molecular weight excluding hydrogens is 298 g/mol. The van der Waals surface area contributed by atoms with E-state index < -0.39 is 0 Å². The summed E-state index contributed by atoms with van der Waals surface area (Å²) in [6, 6.07) is 16.3. The number of aryl methyl sites for hydroxylation is 1. The zero-order valence-electron chi connectivity index (χ0n) is 13.9. The van der Waals surface area contributed by atoms with Crippen molar-refractivity contribution in [3.05, 3.63) is 60.4 Å². The number of para-hydroxylation sites is 2. The quantitative estimate of drug-likeness (QED) is 0.555. The minimum absolute atomic E-state index is 0.778. The van der Waals surface area contributed by atoms with E-state index in [0.717, 1.165) is 46.1 Å². The van der Waals surface area contributed by atoms with E-state index in [1.165, 1.54) is 5.69 Å². The molecule has 0 N–H and O–H groups in total. The molecule has 0 atom stereocenters. The SMILES string of the molecule is CCCc1c2cnc3c(OC)cccc3c2nn1-c1ccccc1. The molecule has 0 unspecified atom stereocenters. The van der Waals surface area contributed by atoms with Crippen molar-refractivity contribution < 1.29 is 4.74 Å². The van der Waals surface area contributed by atoms with Gasteiger partial charge in [0.1, 0.15) is 16.8 Å². The number of nitrogens with zero attached hydrogens (tertiary/aromatic N) is 3. The van der Waals surface area contributed by atoms with Gasteiger partial charge < -0.3 is 4.74 Å².